The molecule has 2 saturated heterocycles. The van der Waals surface area contributed by atoms with Gasteiger partial charge in [0.2, 0.25) is 11.8 Å². The molecule has 55 heavy (non-hydrogen) atoms. The molecule has 14 heteroatoms. The fourth-order valence-electron chi connectivity index (χ4n) is 7.51. The third-order valence-electron chi connectivity index (χ3n) is 10.4. The zero-order chi connectivity index (χ0) is 39.4. The Bertz CT molecular complexity index is 1970. The number of imidazole rings is 2. The first-order valence-electron chi connectivity index (χ1n) is 19.2. The van der Waals surface area contributed by atoms with Crippen molar-refractivity contribution in [2.24, 2.45) is 11.8 Å². The number of hydrogen-bond donors (Lipinski definition) is 5. The normalized spacial score (nSPS) is 18.2. The van der Waals surface area contributed by atoms with E-state index in [-0.39, 0.29) is 41.8 Å². The van der Waals surface area contributed by atoms with Crippen molar-refractivity contribution in [1.82, 2.24) is 40.4 Å². The van der Waals surface area contributed by atoms with Crippen LogP contribution in [-0.4, -0.2) is 90.1 Å². The van der Waals surface area contributed by atoms with E-state index < -0.39 is 24.3 Å². The molecule has 6 rings (SSSR count). The Balaban J connectivity index is 1.10. The first kappa shape index (κ1) is 39.0. The summed E-state index contributed by atoms with van der Waals surface area (Å²) in [6, 6.07) is 14.4. The molecule has 2 aromatic carbocycles. The van der Waals surface area contributed by atoms with Crippen molar-refractivity contribution in [2.45, 2.75) is 97.5 Å². The number of carboxylic acid groups (broad SMARTS) is 1. The van der Waals surface area contributed by atoms with E-state index in [0.29, 0.717) is 18.9 Å². The lowest BCUT2D eigenvalue weighted by Gasteiger charge is -2.30. The lowest BCUT2D eigenvalue weighted by molar-refractivity contribution is -0.136. The van der Waals surface area contributed by atoms with Crippen LogP contribution in [0.25, 0.3) is 33.6 Å². The summed E-state index contributed by atoms with van der Waals surface area (Å²) in [5.41, 5.74) is 5.71. The maximum Gasteiger partial charge on any atom is 0.408 e. The van der Waals surface area contributed by atoms with E-state index in [1.165, 1.54) is 0 Å². The lowest BCUT2D eigenvalue weighted by Crippen LogP contribution is -2.51. The Labute approximate surface area is 321 Å². The molecule has 0 unspecified atom stereocenters. The van der Waals surface area contributed by atoms with Crippen molar-refractivity contribution in [2.75, 3.05) is 13.1 Å². The van der Waals surface area contributed by atoms with Gasteiger partial charge in [-0.3, -0.25) is 9.59 Å². The number of ether oxygens (including phenoxy) is 1. The average molecular weight is 753 g/mol. The number of benzene rings is 2. The zero-order valence-corrected chi connectivity index (χ0v) is 32.3. The van der Waals surface area contributed by atoms with Gasteiger partial charge in [-0.1, -0.05) is 76.2 Å². The lowest BCUT2D eigenvalue weighted by atomic mass is 10.0. The molecule has 2 aromatic heterocycles. The number of rotatable bonds is 12. The summed E-state index contributed by atoms with van der Waals surface area (Å²) >= 11 is 0. The molecule has 4 amide bonds. The molecule has 2 fully saturated rings. The number of aromatic amines is 2. The molecule has 0 saturated carbocycles. The van der Waals surface area contributed by atoms with Gasteiger partial charge in [0.1, 0.15) is 23.7 Å². The van der Waals surface area contributed by atoms with E-state index in [1.807, 2.05) is 56.9 Å². The number of nitrogens with one attached hydrogen (secondary N) is 4. The standard InChI is InChI=1S/C41H52N8O6/c1-23(2)34(46-40(52)53)38(50)48-19-7-9-32(48)36-42-21-30(44-36)28-15-11-26(12-16-28)27-13-17-29(18-14-27)31-22-43-37(45-31)33-10-8-20-49(33)39(51)35(24(3)4)47-41(54)55-25(5)6/h11-18,21-25,32-35,46H,7-10,19-20H2,1-6H3,(H,42,44)(H,43,45)(H,47,54)(H,52,53)/t32-,33-,34-,35-/m0/s1. The molecular weight excluding hydrogens is 701 g/mol. The summed E-state index contributed by atoms with van der Waals surface area (Å²) in [7, 11) is 0. The highest BCUT2D eigenvalue weighted by Crippen LogP contribution is 2.35. The van der Waals surface area contributed by atoms with Crippen LogP contribution in [0.3, 0.4) is 0 Å². The van der Waals surface area contributed by atoms with E-state index in [4.69, 9.17) is 4.74 Å². The monoisotopic (exact) mass is 752 g/mol. The Morgan fingerprint density at radius 1 is 0.673 bits per heavy atom. The number of alkyl carbamates (subject to hydrolysis) is 1. The van der Waals surface area contributed by atoms with Gasteiger partial charge in [0.25, 0.3) is 0 Å². The Hall–Kier alpha value is -5.66. The predicted octanol–water partition coefficient (Wildman–Crippen LogP) is 6.91. The minimum Gasteiger partial charge on any atom is -0.465 e. The minimum absolute atomic E-state index is 0.116. The van der Waals surface area contributed by atoms with Gasteiger partial charge in [-0.15, -0.1) is 0 Å². The molecule has 4 aromatic rings. The molecule has 4 atom stereocenters. The van der Waals surface area contributed by atoms with E-state index >= 15 is 0 Å². The third kappa shape index (κ3) is 8.84. The van der Waals surface area contributed by atoms with Crippen LogP contribution in [-0.2, 0) is 14.3 Å². The molecule has 2 aliphatic rings. The number of amides is 4. The van der Waals surface area contributed by atoms with Crippen LogP contribution in [0, 0.1) is 11.8 Å². The van der Waals surface area contributed by atoms with Crippen LogP contribution in [0.2, 0.25) is 0 Å². The molecule has 14 nitrogen and oxygen atoms in total. The number of nitrogens with zero attached hydrogens (tertiary/aromatic N) is 4. The molecule has 4 heterocycles. The summed E-state index contributed by atoms with van der Waals surface area (Å²) in [6.07, 6.45) is 4.66. The zero-order valence-electron chi connectivity index (χ0n) is 32.3. The van der Waals surface area contributed by atoms with E-state index in [9.17, 15) is 24.3 Å². The van der Waals surface area contributed by atoms with Gasteiger partial charge in [-0.2, -0.15) is 0 Å². The first-order valence-corrected chi connectivity index (χ1v) is 19.2. The van der Waals surface area contributed by atoms with Crippen LogP contribution >= 0.6 is 0 Å². The van der Waals surface area contributed by atoms with E-state index in [0.717, 1.165) is 65.1 Å². The van der Waals surface area contributed by atoms with Crippen LogP contribution in [0.4, 0.5) is 9.59 Å². The smallest absolute Gasteiger partial charge is 0.408 e. The Kier molecular flexibility index (Phi) is 11.9. The molecule has 0 aliphatic carbocycles. The van der Waals surface area contributed by atoms with Crippen LogP contribution in [0.1, 0.15) is 91.0 Å². The van der Waals surface area contributed by atoms with Crippen LogP contribution < -0.4 is 10.6 Å². The number of carbonyl (C=O) groups excluding carboxylic acids is 3. The number of hydrogen-bond acceptors (Lipinski definition) is 7. The van der Waals surface area contributed by atoms with Gasteiger partial charge >= 0.3 is 12.2 Å². The molecule has 0 bridgehead atoms. The summed E-state index contributed by atoms with van der Waals surface area (Å²) in [5, 5.41) is 14.4. The van der Waals surface area contributed by atoms with Crippen LogP contribution in [0.15, 0.2) is 60.9 Å². The highest BCUT2D eigenvalue weighted by Gasteiger charge is 2.39. The average Bonchev–Trinajstić information content (AvgIpc) is 3.98. The van der Waals surface area contributed by atoms with Crippen molar-refractivity contribution in [3.05, 3.63) is 72.6 Å². The predicted molar refractivity (Wildman–Crippen MR) is 208 cm³/mol. The second-order valence-corrected chi connectivity index (χ2v) is 15.4. The van der Waals surface area contributed by atoms with Crippen LogP contribution in [0.5, 0.6) is 0 Å². The number of carbonyl (C=O) groups is 4. The molecular formula is C41H52N8O6. The highest BCUT2D eigenvalue weighted by atomic mass is 16.6. The quantitative estimate of drug-likeness (QED) is 0.103. The highest BCUT2D eigenvalue weighted by molar-refractivity contribution is 5.87. The topological polar surface area (TPSA) is 186 Å². The molecule has 0 radical (unpaired) electrons. The SMILES string of the molecule is CC(C)OC(=O)N[C@H](C(=O)N1CCC[C@H]1c1ncc(-c2ccc(-c3ccc(-c4cnc([C@@H]5CCCN5C(=O)[C@@H](NC(=O)O)C(C)C)[nH]4)cc3)cc2)[nH]1)C(C)C. The summed E-state index contributed by atoms with van der Waals surface area (Å²) < 4.78 is 5.25. The van der Waals surface area contributed by atoms with Gasteiger partial charge in [0.05, 0.1) is 42.0 Å². The second kappa shape index (κ2) is 16.8. The largest absolute Gasteiger partial charge is 0.465 e. The van der Waals surface area contributed by atoms with E-state index in [2.05, 4.69) is 54.8 Å². The molecule has 5 N–H and O–H groups in total. The number of aromatic nitrogens is 4. The Morgan fingerprint density at radius 2 is 1.07 bits per heavy atom. The maximum atomic E-state index is 13.7. The molecule has 0 spiro atoms. The van der Waals surface area contributed by atoms with Gasteiger partial charge in [-0.05, 0) is 73.6 Å². The third-order valence-corrected chi connectivity index (χ3v) is 10.4. The maximum absolute atomic E-state index is 13.7. The van der Waals surface area contributed by atoms with Crippen molar-refractivity contribution in [1.29, 1.82) is 0 Å². The van der Waals surface area contributed by atoms with Gasteiger partial charge < -0.3 is 40.2 Å². The fraction of sp³-hybridized carbons (Fsp3) is 0.463. The second-order valence-electron chi connectivity index (χ2n) is 15.4. The summed E-state index contributed by atoms with van der Waals surface area (Å²) in [5.74, 6) is 0.734. The van der Waals surface area contributed by atoms with Crippen molar-refractivity contribution < 1.29 is 29.0 Å². The fourth-order valence-corrected chi connectivity index (χ4v) is 7.51. The summed E-state index contributed by atoms with van der Waals surface area (Å²) in [4.78, 5) is 70.5. The van der Waals surface area contributed by atoms with E-state index in [1.54, 1.807) is 31.1 Å². The summed E-state index contributed by atoms with van der Waals surface area (Å²) in [6.45, 7) is 12.2. The van der Waals surface area contributed by atoms with Gasteiger partial charge in [0, 0.05) is 13.1 Å². The number of likely N-dealkylation sites (tertiary alicyclic amines) is 2. The minimum atomic E-state index is -1.21. The van der Waals surface area contributed by atoms with Crippen molar-refractivity contribution >= 4 is 24.0 Å². The van der Waals surface area contributed by atoms with Crippen molar-refractivity contribution in [3.63, 3.8) is 0 Å². The molecule has 2 aliphatic heterocycles. The van der Waals surface area contributed by atoms with Gasteiger partial charge in [0.15, 0.2) is 0 Å². The molecule has 292 valence electrons. The Morgan fingerprint density at radius 3 is 1.45 bits per heavy atom. The van der Waals surface area contributed by atoms with Crippen molar-refractivity contribution in [3.8, 4) is 33.6 Å². The number of H-pyrrole nitrogens is 2. The first-order chi connectivity index (χ1) is 26.3. The van der Waals surface area contributed by atoms with Gasteiger partial charge in [-0.25, -0.2) is 19.6 Å².